The van der Waals surface area contributed by atoms with E-state index in [1.165, 1.54) is 12.1 Å². The maximum atomic E-state index is 13.3. The second-order valence-corrected chi connectivity index (χ2v) is 6.24. The topological polar surface area (TPSA) is 18.5 Å². The summed E-state index contributed by atoms with van der Waals surface area (Å²) in [6, 6.07) is 3.07. The van der Waals surface area contributed by atoms with Gasteiger partial charge in [-0.2, -0.15) is 13.2 Å². The number of hydrogen-bond acceptors (Lipinski definition) is 2. The number of hydrogen-bond donors (Lipinski definition) is 0. The first-order valence-electron chi connectivity index (χ1n) is 8.00. The third-order valence-electron chi connectivity index (χ3n) is 4.17. The highest BCUT2D eigenvalue weighted by Crippen LogP contribution is 2.48. The van der Waals surface area contributed by atoms with Gasteiger partial charge in [0.15, 0.2) is 11.5 Å². The molecule has 1 heterocycles. The van der Waals surface area contributed by atoms with Crippen molar-refractivity contribution in [3.63, 3.8) is 0 Å². The summed E-state index contributed by atoms with van der Waals surface area (Å²) < 4.78 is 50.4. The molecule has 3 rings (SSSR count). The number of rotatable bonds is 6. The molecule has 130 valence electrons. The lowest BCUT2D eigenvalue weighted by molar-refractivity contribution is -0.0687. The van der Waals surface area contributed by atoms with E-state index < -0.39 is 11.7 Å². The highest BCUT2D eigenvalue weighted by Gasteiger charge is 2.40. The standard InChI is InChI=1S/C18H18ClF3O2/c19-7-5-3-1-2-4-6-12-8-15(18(20,21)22)14-10-17-16(9-13(12)14)23-11-24-17/h6,8-10H,1-5,7,11H2. The van der Waals surface area contributed by atoms with E-state index in [1.807, 2.05) is 6.08 Å². The Morgan fingerprint density at radius 3 is 2.33 bits per heavy atom. The van der Waals surface area contributed by atoms with Gasteiger partial charge < -0.3 is 9.47 Å². The lowest BCUT2D eigenvalue weighted by Crippen LogP contribution is -2.09. The van der Waals surface area contributed by atoms with Crippen molar-refractivity contribution in [1.82, 2.24) is 0 Å². The van der Waals surface area contributed by atoms with Gasteiger partial charge in [0, 0.05) is 5.88 Å². The number of fused-ring (bicyclic) bond motifs is 2. The first-order valence-corrected chi connectivity index (χ1v) is 8.53. The van der Waals surface area contributed by atoms with Gasteiger partial charge in [0.05, 0.1) is 5.57 Å². The number of halogens is 4. The molecule has 0 fully saturated rings. The van der Waals surface area contributed by atoms with Crippen molar-refractivity contribution in [2.24, 2.45) is 0 Å². The summed E-state index contributed by atoms with van der Waals surface area (Å²) in [5.41, 5.74) is 0.713. The van der Waals surface area contributed by atoms with Crippen LogP contribution in [0.25, 0.3) is 11.1 Å². The number of alkyl halides is 4. The molecule has 6 heteroatoms. The Labute approximate surface area is 143 Å². The zero-order valence-electron chi connectivity index (χ0n) is 13.1. The van der Waals surface area contributed by atoms with Crippen LogP contribution in [-0.2, 0) is 0 Å². The van der Waals surface area contributed by atoms with Crippen LogP contribution in [0, 0.1) is 0 Å². The molecule has 0 bridgehead atoms. The summed E-state index contributed by atoms with van der Waals surface area (Å²) in [7, 11) is 0. The molecule has 0 saturated carbocycles. The van der Waals surface area contributed by atoms with Gasteiger partial charge in [0.1, 0.15) is 0 Å². The summed E-state index contributed by atoms with van der Waals surface area (Å²) in [5, 5.41) is 0. The third-order valence-corrected chi connectivity index (χ3v) is 4.44. The first kappa shape index (κ1) is 17.2. The highest BCUT2D eigenvalue weighted by molar-refractivity contribution is 6.17. The van der Waals surface area contributed by atoms with Gasteiger partial charge in [-0.15, -0.1) is 11.6 Å². The lowest BCUT2D eigenvalue weighted by Gasteiger charge is -2.10. The van der Waals surface area contributed by atoms with Crippen LogP contribution >= 0.6 is 11.6 Å². The zero-order chi connectivity index (χ0) is 17.2. The van der Waals surface area contributed by atoms with Crippen LogP contribution in [0.2, 0.25) is 0 Å². The number of allylic oxidation sites excluding steroid dienone is 4. The van der Waals surface area contributed by atoms with Crippen molar-refractivity contribution in [3.8, 4) is 11.5 Å². The Balaban J connectivity index is 1.82. The molecule has 0 N–H and O–H groups in total. The molecule has 0 radical (unpaired) electrons. The van der Waals surface area contributed by atoms with E-state index in [9.17, 15) is 13.2 Å². The van der Waals surface area contributed by atoms with Gasteiger partial charge in [0.2, 0.25) is 6.79 Å². The Morgan fingerprint density at radius 2 is 1.67 bits per heavy atom. The van der Waals surface area contributed by atoms with Gasteiger partial charge in [-0.25, -0.2) is 0 Å². The van der Waals surface area contributed by atoms with Gasteiger partial charge in [-0.05, 0) is 54.2 Å². The Kier molecular flexibility index (Phi) is 5.09. The average Bonchev–Trinajstić information content (AvgIpc) is 3.12. The van der Waals surface area contributed by atoms with Crippen molar-refractivity contribution in [3.05, 3.63) is 35.4 Å². The zero-order valence-corrected chi connectivity index (χ0v) is 13.8. The van der Waals surface area contributed by atoms with E-state index in [2.05, 4.69) is 0 Å². The summed E-state index contributed by atoms with van der Waals surface area (Å²) in [6.45, 7) is 0.0446. The average molecular weight is 359 g/mol. The van der Waals surface area contributed by atoms with Crippen LogP contribution in [0.5, 0.6) is 11.5 Å². The third kappa shape index (κ3) is 3.56. The highest BCUT2D eigenvalue weighted by atomic mass is 35.5. The molecule has 1 aliphatic heterocycles. The lowest BCUT2D eigenvalue weighted by atomic mass is 10.0. The largest absolute Gasteiger partial charge is 0.454 e. The van der Waals surface area contributed by atoms with Crippen LogP contribution in [0.3, 0.4) is 0 Å². The van der Waals surface area contributed by atoms with Gasteiger partial charge in [0.25, 0.3) is 0 Å². The van der Waals surface area contributed by atoms with Crippen LogP contribution in [-0.4, -0.2) is 18.8 Å². The minimum atomic E-state index is -4.39. The van der Waals surface area contributed by atoms with Crippen LogP contribution in [0.1, 0.15) is 43.2 Å². The van der Waals surface area contributed by atoms with Crippen LogP contribution in [0.4, 0.5) is 13.2 Å². The van der Waals surface area contributed by atoms with Gasteiger partial charge >= 0.3 is 6.18 Å². The van der Waals surface area contributed by atoms with Crippen molar-refractivity contribution in [1.29, 1.82) is 0 Å². The minimum absolute atomic E-state index is 0.0446. The molecule has 2 aliphatic rings. The molecule has 1 aliphatic carbocycles. The molecule has 2 nitrogen and oxygen atoms in total. The van der Waals surface area contributed by atoms with E-state index in [1.54, 1.807) is 6.07 Å². The second-order valence-electron chi connectivity index (χ2n) is 5.86. The normalized spacial score (nSPS) is 17.3. The number of unbranched alkanes of at least 4 members (excludes halogenated alkanes) is 4. The summed E-state index contributed by atoms with van der Waals surface area (Å²) in [6.07, 6.45) is 3.44. The first-order chi connectivity index (χ1) is 11.5. The smallest absolute Gasteiger partial charge is 0.417 e. The van der Waals surface area contributed by atoms with Crippen molar-refractivity contribution in [2.45, 2.75) is 38.3 Å². The van der Waals surface area contributed by atoms with Crippen molar-refractivity contribution in [2.75, 3.05) is 12.7 Å². The maximum absolute atomic E-state index is 13.3. The van der Waals surface area contributed by atoms with E-state index in [0.29, 0.717) is 28.5 Å². The Morgan fingerprint density at radius 1 is 1.00 bits per heavy atom. The SMILES string of the molecule is FC(F)(F)C1=CC(=CCCCCCCCl)c2cc3c(cc21)OCO3. The summed E-state index contributed by atoms with van der Waals surface area (Å²) in [5.74, 6) is 1.52. The molecule has 0 unspecified atom stereocenters. The van der Waals surface area contributed by atoms with Crippen molar-refractivity contribution < 1.29 is 22.6 Å². The molecule has 1 aromatic rings. The second kappa shape index (κ2) is 7.09. The maximum Gasteiger partial charge on any atom is 0.417 e. The molecular formula is C18H18ClF3O2. The monoisotopic (exact) mass is 358 g/mol. The van der Waals surface area contributed by atoms with Crippen LogP contribution in [0.15, 0.2) is 24.3 Å². The van der Waals surface area contributed by atoms with E-state index in [0.717, 1.165) is 32.1 Å². The summed E-state index contributed by atoms with van der Waals surface area (Å²) in [4.78, 5) is 0. The van der Waals surface area contributed by atoms with Crippen molar-refractivity contribution >= 4 is 22.7 Å². The van der Waals surface area contributed by atoms with E-state index in [-0.39, 0.29) is 12.4 Å². The fraction of sp³-hybridized carbons (Fsp3) is 0.444. The molecule has 0 saturated heterocycles. The molecule has 0 atom stereocenters. The van der Waals surface area contributed by atoms with Gasteiger partial charge in [-0.1, -0.05) is 18.9 Å². The fourth-order valence-electron chi connectivity index (χ4n) is 2.97. The predicted octanol–water partition coefficient (Wildman–Crippen LogP) is 5.95. The molecule has 1 aromatic carbocycles. The predicted molar refractivity (Wildman–Crippen MR) is 88.4 cm³/mol. The summed E-state index contributed by atoms with van der Waals surface area (Å²) >= 11 is 5.63. The molecule has 0 aromatic heterocycles. The van der Waals surface area contributed by atoms with Crippen LogP contribution < -0.4 is 9.47 Å². The molecular weight excluding hydrogens is 341 g/mol. The number of ether oxygens (including phenoxy) is 2. The fourth-order valence-corrected chi connectivity index (χ4v) is 3.16. The Hall–Kier alpha value is -1.62. The molecule has 0 spiro atoms. The minimum Gasteiger partial charge on any atom is -0.454 e. The molecule has 24 heavy (non-hydrogen) atoms. The number of benzene rings is 1. The Bertz CT molecular complexity index is 678. The van der Waals surface area contributed by atoms with Gasteiger partial charge in [-0.3, -0.25) is 0 Å². The molecule has 0 amide bonds. The van der Waals surface area contributed by atoms with E-state index >= 15 is 0 Å². The quantitative estimate of drug-likeness (QED) is 0.462. The van der Waals surface area contributed by atoms with E-state index in [4.69, 9.17) is 21.1 Å².